The molecule has 1 aromatic rings. The Kier molecular flexibility index (Phi) is 4.89. The standard InChI is InChI=1S/C9H13N3O2S/c1-2-14-9(13)6-15-5-7-3-12-8(10)4-11-7/h3-4H,2,5-6H2,1H3,(H2,10,12). The van der Waals surface area contributed by atoms with Crippen molar-refractivity contribution in [2.24, 2.45) is 0 Å². The molecule has 0 spiro atoms. The number of nitrogens with zero attached hydrogens (tertiary/aromatic N) is 2. The van der Waals surface area contributed by atoms with Gasteiger partial charge in [0.25, 0.3) is 0 Å². The van der Waals surface area contributed by atoms with Gasteiger partial charge in [-0.15, -0.1) is 11.8 Å². The number of anilines is 1. The molecule has 5 nitrogen and oxygen atoms in total. The zero-order valence-corrected chi connectivity index (χ0v) is 9.29. The number of hydrogen-bond donors (Lipinski definition) is 1. The zero-order chi connectivity index (χ0) is 11.1. The Morgan fingerprint density at radius 1 is 1.53 bits per heavy atom. The highest BCUT2D eigenvalue weighted by atomic mass is 32.2. The molecule has 0 aliphatic heterocycles. The lowest BCUT2D eigenvalue weighted by atomic mass is 10.5. The molecule has 0 bridgehead atoms. The van der Waals surface area contributed by atoms with Crippen molar-refractivity contribution in [2.45, 2.75) is 12.7 Å². The Labute approximate surface area is 92.4 Å². The van der Waals surface area contributed by atoms with E-state index in [4.69, 9.17) is 10.5 Å². The minimum absolute atomic E-state index is 0.203. The third-order valence-corrected chi connectivity index (χ3v) is 2.44. The summed E-state index contributed by atoms with van der Waals surface area (Å²) in [7, 11) is 0. The van der Waals surface area contributed by atoms with E-state index in [1.54, 1.807) is 13.1 Å². The van der Waals surface area contributed by atoms with Crippen LogP contribution in [0, 0.1) is 0 Å². The minimum atomic E-state index is -0.203. The molecule has 6 heteroatoms. The minimum Gasteiger partial charge on any atom is -0.465 e. The molecule has 1 heterocycles. The van der Waals surface area contributed by atoms with E-state index in [9.17, 15) is 4.79 Å². The van der Waals surface area contributed by atoms with E-state index in [1.165, 1.54) is 18.0 Å². The summed E-state index contributed by atoms with van der Waals surface area (Å²) in [6, 6.07) is 0. The van der Waals surface area contributed by atoms with E-state index in [0.717, 1.165) is 5.69 Å². The van der Waals surface area contributed by atoms with E-state index in [1.807, 2.05) is 0 Å². The molecule has 0 amide bonds. The molecule has 0 aliphatic carbocycles. The summed E-state index contributed by atoms with van der Waals surface area (Å²) >= 11 is 1.44. The topological polar surface area (TPSA) is 78.1 Å². The van der Waals surface area contributed by atoms with Gasteiger partial charge in [0, 0.05) is 5.75 Å². The number of nitrogens with two attached hydrogens (primary N) is 1. The molecule has 2 N–H and O–H groups in total. The van der Waals surface area contributed by atoms with Crippen LogP contribution in [0.5, 0.6) is 0 Å². The maximum atomic E-state index is 11.0. The summed E-state index contributed by atoms with van der Waals surface area (Å²) in [5.41, 5.74) is 6.19. The lowest BCUT2D eigenvalue weighted by Gasteiger charge is -2.01. The van der Waals surface area contributed by atoms with Crippen molar-refractivity contribution in [3.63, 3.8) is 0 Å². The fraction of sp³-hybridized carbons (Fsp3) is 0.444. The molecule has 0 atom stereocenters. The van der Waals surface area contributed by atoms with E-state index in [-0.39, 0.29) is 5.97 Å². The molecular formula is C9H13N3O2S. The zero-order valence-electron chi connectivity index (χ0n) is 8.47. The number of carbonyl (C=O) groups excluding carboxylic acids is 1. The Balaban J connectivity index is 2.26. The maximum absolute atomic E-state index is 11.0. The highest BCUT2D eigenvalue weighted by Gasteiger charge is 2.02. The van der Waals surface area contributed by atoms with Crippen LogP contribution in [-0.2, 0) is 15.3 Å². The molecule has 0 fully saturated rings. The number of carbonyl (C=O) groups is 1. The van der Waals surface area contributed by atoms with Gasteiger partial charge in [-0.3, -0.25) is 9.78 Å². The smallest absolute Gasteiger partial charge is 0.315 e. The van der Waals surface area contributed by atoms with Crippen molar-refractivity contribution in [3.8, 4) is 0 Å². The first-order valence-electron chi connectivity index (χ1n) is 4.52. The Bertz CT molecular complexity index is 316. The molecule has 0 aliphatic rings. The Hall–Kier alpha value is -1.30. The Morgan fingerprint density at radius 2 is 2.33 bits per heavy atom. The van der Waals surface area contributed by atoms with Crippen molar-refractivity contribution < 1.29 is 9.53 Å². The highest BCUT2D eigenvalue weighted by molar-refractivity contribution is 7.99. The quantitative estimate of drug-likeness (QED) is 0.751. The van der Waals surface area contributed by atoms with Crippen LogP contribution in [0.15, 0.2) is 12.4 Å². The lowest BCUT2D eigenvalue weighted by Crippen LogP contribution is -2.07. The molecule has 0 radical (unpaired) electrons. The van der Waals surface area contributed by atoms with Crippen molar-refractivity contribution in [2.75, 3.05) is 18.1 Å². The van der Waals surface area contributed by atoms with Gasteiger partial charge in [-0.1, -0.05) is 0 Å². The molecule has 1 aromatic heterocycles. The van der Waals surface area contributed by atoms with Crippen molar-refractivity contribution >= 4 is 23.5 Å². The van der Waals surface area contributed by atoms with E-state index < -0.39 is 0 Å². The summed E-state index contributed by atoms with van der Waals surface area (Å²) in [5, 5.41) is 0. The second kappa shape index (κ2) is 6.23. The van der Waals surface area contributed by atoms with Crippen molar-refractivity contribution in [3.05, 3.63) is 18.1 Å². The summed E-state index contributed by atoms with van der Waals surface area (Å²) in [6.07, 6.45) is 3.10. The van der Waals surface area contributed by atoms with Gasteiger partial charge in [-0.25, -0.2) is 4.98 Å². The van der Waals surface area contributed by atoms with Crippen LogP contribution in [0.3, 0.4) is 0 Å². The van der Waals surface area contributed by atoms with Crippen molar-refractivity contribution in [1.82, 2.24) is 9.97 Å². The van der Waals surface area contributed by atoms with Gasteiger partial charge < -0.3 is 10.5 Å². The second-order valence-corrected chi connectivity index (χ2v) is 3.72. The second-order valence-electron chi connectivity index (χ2n) is 2.73. The van der Waals surface area contributed by atoms with Crippen LogP contribution in [0.1, 0.15) is 12.6 Å². The average Bonchev–Trinajstić information content (AvgIpc) is 2.21. The number of rotatable bonds is 5. The number of nitrogen functional groups attached to an aromatic ring is 1. The number of thioether (sulfide) groups is 1. The first kappa shape index (κ1) is 11.8. The number of aromatic nitrogens is 2. The van der Waals surface area contributed by atoms with E-state index in [2.05, 4.69) is 9.97 Å². The molecule has 1 rings (SSSR count). The summed E-state index contributed by atoms with van der Waals surface area (Å²) in [5.74, 6) is 1.16. The van der Waals surface area contributed by atoms with Crippen LogP contribution in [-0.4, -0.2) is 28.3 Å². The van der Waals surface area contributed by atoms with Gasteiger partial charge in [0.15, 0.2) is 0 Å². The molecule has 0 saturated heterocycles. The molecule has 82 valence electrons. The fourth-order valence-electron chi connectivity index (χ4n) is 0.881. The van der Waals surface area contributed by atoms with Gasteiger partial charge in [-0.05, 0) is 6.92 Å². The normalized spacial score (nSPS) is 9.93. The van der Waals surface area contributed by atoms with Crippen LogP contribution < -0.4 is 5.73 Å². The van der Waals surface area contributed by atoms with Gasteiger partial charge in [0.05, 0.1) is 30.4 Å². The monoisotopic (exact) mass is 227 g/mol. The highest BCUT2D eigenvalue weighted by Crippen LogP contribution is 2.09. The molecule has 0 aromatic carbocycles. The summed E-state index contributed by atoms with van der Waals surface area (Å²) in [4.78, 5) is 18.9. The molecule has 15 heavy (non-hydrogen) atoms. The first-order valence-corrected chi connectivity index (χ1v) is 5.67. The van der Waals surface area contributed by atoms with Gasteiger partial charge in [0.2, 0.25) is 0 Å². The Morgan fingerprint density at radius 3 is 2.93 bits per heavy atom. The summed E-state index contributed by atoms with van der Waals surface area (Å²) in [6.45, 7) is 2.20. The average molecular weight is 227 g/mol. The van der Waals surface area contributed by atoms with E-state index >= 15 is 0 Å². The van der Waals surface area contributed by atoms with E-state index in [0.29, 0.717) is 23.9 Å². The first-order chi connectivity index (χ1) is 7.22. The molecular weight excluding hydrogens is 214 g/mol. The predicted octanol–water partition coefficient (Wildman–Crippen LogP) is 0.855. The third kappa shape index (κ3) is 4.64. The molecule has 0 saturated carbocycles. The van der Waals surface area contributed by atoms with Crippen LogP contribution in [0.2, 0.25) is 0 Å². The van der Waals surface area contributed by atoms with Gasteiger partial charge in [-0.2, -0.15) is 0 Å². The third-order valence-electron chi connectivity index (χ3n) is 1.50. The number of hydrogen-bond acceptors (Lipinski definition) is 6. The predicted molar refractivity (Wildman–Crippen MR) is 59.2 cm³/mol. The largest absolute Gasteiger partial charge is 0.465 e. The number of esters is 1. The number of ether oxygens (including phenoxy) is 1. The van der Waals surface area contributed by atoms with Crippen LogP contribution >= 0.6 is 11.8 Å². The van der Waals surface area contributed by atoms with Crippen molar-refractivity contribution in [1.29, 1.82) is 0 Å². The maximum Gasteiger partial charge on any atom is 0.315 e. The lowest BCUT2D eigenvalue weighted by molar-refractivity contribution is -0.139. The molecule has 0 unspecified atom stereocenters. The van der Waals surface area contributed by atoms with Gasteiger partial charge in [0.1, 0.15) is 5.82 Å². The summed E-state index contributed by atoms with van der Waals surface area (Å²) < 4.78 is 4.78. The van der Waals surface area contributed by atoms with Crippen LogP contribution in [0.4, 0.5) is 5.82 Å². The SMILES string of the molecule is CCOC(=O)CSCc1cnc(N)cn1. The van der Waals surface area contributed by atoms with Crippen LogP contribution in [0.25, 0.3) is 0 Å². The fourth-order valence-corrected chi connectivity index (χ4v) is 1.59. The van der Waals surface area contributed by atoms with Gasteiger partial charge >= 0.3 is 5.97 Å².